The van der Waals surface area contributed by atoms with Crippen LogP contribution >= 0.6 is 15.9 Å². The van der Waals surface area contributed by atoms with Gasteiger partial charge in [-0.05, 0) is 34.1 Å². The van der Waals surface area contributed by atoms with Crippen molar-refractivity contribution in [3.8, 4) is 11.5 Å². The lowest BCUT2D eigenvalue weighted by Gasteiger charge is -2.10. The Hall–Kier alpha value is -2.08. The fourth-order valence-corrected chi connectivity index (χ4v) is 2.35. The summed E-state index contributed by atoms with van der Waals surface area (Å²) in [5.41, 5.74) is 1.14. The van der Waals surface area contributed by atoms with Crippen LogP contribution in [-0.2, 0) is 0 Å². The second-order valence-electron chi connectivity index (χ2n) is 4.56. The van der Waals surface area contributed by atoms with Gasteiger partial charge in [0.15, 0.2) is 11.5 Å². The van der Waals surface area contributed by atoms with Crippen LogP contribution in [0.3, 0.4) is 0 Å². The van der Waals surface area contributed by atoms with Crippen molar-refractivity contribution in [1.82, 2.24) is 4.98 Å². The SMILES string of the molecule is O=C(Nc1ccc2c(c1)OCCCO2)c1cncc(Br)c1. The number of nitrogens with one attached hydrogen (secondary N) is 1. The molecule has 3 rings (SSSR count). The predicted molar refractivity (Wildman–Crippen MR) is 81.9 cm³/mol. The lowest BCUT2D eigenvalue weighted by Crippen LogP contribution is -2.12. The number of nitrogens with zero attached hydrogens (tertiary/aromatic N) is 1. The fourth-order valence-electron chi connectivity index (χ4n) is 1.98. The molecule has 0 saturated carbocycles. The minimum absolute atomic E-state index is 0.224. The van der Waals surface area contributed by atoms with Crippen molar-refractivity contribution in [3.05, 3.63) is 46.7 Å². The minimum atomic E-state index is -0.224. The van der Waals surface area contributed by atoms with Gasteiger partial charge in [0.05, 0.1) is 18.8 Å². The van der Waals surface area contributed by atoms with Crippen LogP contribution in [0.15, 0.2) is 41.1 Å². The summed E-state index contributed by atoms with van der Waals surface area (Å²) in [4.78, 5) is 16.1. The molecule has 2 aromatic rings. The molecule has 5 nitrogen and oxygen atoms in total. The van der Waals surface area contributed by atoms with Gasteiger partial charge in [0.1, 0.15) is 0 Å². The van der Waals surface area contributed by atoms with Crippen molar-refractivity contribution in [2.75, 3.05) is 18.5 Å². The minimum Gasteiger partial charge on any atom is -0.490 e. The molecule has 0 unspecified atom stereocenters. The average molecular weight is 349 g/mol. The van der Waals surface area contributed by atoms with Crippen molar-refractivity contribution in [3.63, 3.8) is 0 Å². The summed E-state index contributed by atoms with van der Waals surface area (Å²) in [5.74, 6) is 1.13. The Kier molecular flexibility index (Phi) is 4.06. The third-order valence-electron chi connectivity index (χ3n) is 2.97. The summed E-state index contributed by atoms with van der Waals surface area (Å²) in [5, 5.41) is 2.82. The first kappa shape index (κ1) is 13.9. The molecule has 2 heterocycles. The summed E-state index contributed by atoms with van der Waals surface area (Å²) in [6.45, 7) is 1.25. The van der Waals surface area contributed by atoms with E-state index in [9.17, 15) is 4.79 Å². The Labute approximate surface area is 130 Å². The third-order valence-corrected chi connectivity index (χ3v) is 3.41. The molecular weight excluding hydrogens is 336 g/mol. The van der Waals surface area contributed by atoms with E-state index in [1.807, 2.05) is 0 Å². The van der Waals surface area contributed by atoms with Gasteiger partial charge in [-0.1, -0.05) is 0 Å². The molecule has 1 N–H and O–H groups in total. The second-order valence-corrected chi connectivity index (χ2v) is 5.47. The van der Waals surface area contributed by atoms with Gasteiger partial charge in [-0.15, -0.1) is 0 Å². The largest absolute Gasteiger partial charge is 0.490 e. The van der Waals surface area contributed by atoms with E-state index in [4.69, 9.17) is 9.47 Å². The standard InChI is InChI=1S/C15H13BrN2O3/c16-11-6-10(8-17-9-11)15(19)18-12-2-3-13-14(7-12)21-5-1-4-20-13/h2-3,6-9H,1,4-5H2,(H,18,19). The number of amides is 1. The smallest absolute Gasteiger partial charge is 0.257 e. The Bertz CT molecular complexity index is 676. The number of hydrogen-bond acceptors (Lipinski definition) is 4. The molecule has 1 aliphatic heterocycles. The van der Waals surface area contributed by atoms with Crippen LogP contribution in [0.1, 0.15) is 16.8 Å². The first-order chi connectivity index (χ1) is 10.2. The summed E-state index contributed by atoms with van der Waals surface area (Å²) < 4.78 is 11.9. The highest BCUT2D eigenvalue weighted by Crippen LogP contribution is 2.32. The molecule has 0 spiro atoms. The van der Waals surface area contributed by atoms with Crippen molar-refractivity contribution in [2.45, 2.75) is 6.42 Å². The number of rotatable bonds is 2. The van der Waals surface area contributed by atoms with Crippen LogP contribution in [-0.4, -0.2) is 24.1 Å². The topological polar surface area (TPSA) is 60.5 Å². The highest BCUT2D eigenvalue weighted by molar-refractivity contribution is 9.10. The lowest BCUT2D eigenvalue weighted by molar-refractivity contribution is 0.102. The maximum atomic E-state index is 12.2. The molecular formula is C15H13BrN2O3. The van der Waals surface area contributed by atoms with Gasteiger partial charge in [-0.3, -0.25) is 9.78 Å². The van der Waals surface area contributed by atoms with E-state index in [2.05, 4.69) is 26.2 Å². The van der Waals surface area contributed by atoms with Gasteiger partial charge < -0.3 is 14.8 Å². The van der Waals surface area contributed by atoms with Crippen LogP contribution in [0.4, 0.5) is 5.69 Å². The van der Waals surface area contributed by atoms with Gasteiger partial charge in [-0.25, -0.2) is 0 Å². The zero-order valence-electron chi connectivity index (χ0n) is 11.1. The van der Waals surface area contributed by atoms with Crippen molar-refractivity contribution in [1.29, 1.82) is 0 Å². The number of benzene rings is 1. The Morgan fingerprint density at radius 1 is 1.14 bits per heavy atom. The molecule has 21 heavy (non-hydrogen) atoms. The number of carbonyl (C=O) groups is 1. The van der Waals surface area contributed by atoms with Gasteiger partial charge in [0.2, 0.25) is 0 Å². The molecule has 0 atom stereocenters. The molecule has 1 aromatic heterocycles. The van der Waals surface area contributed by atoms with Gasteiger partial charge in [-0.2, -0.15) is 0 Å². The number of pyridine rings is 1. The second kappa shape index (κ2) is 6.13. The lowest BCUT2D eigenvalue weighted by atomic mass is 10.2. The molecule has 0 fully saturated rings. The van der Waals surface area contributed by atoms with E-state index >= 15 is 0 Å². The van der Waals surface area contributed by atoms with Crippen LogP contribution in [0.25, 0.3) is 0 Å². The molecule has 6 heteroatoms. The maximum absolute atomic E-state index is 12.2. The molecule has 0 radical (unpaired) electrons. The normalized spacial score (nSPS) is 13.4. The third kappa shape index (κ3) is 3.33. The van der Waals surface area contributed by atoms with Crippen LogP contribution in [0.5, 0.6) is 11.5 Å². The molecule has 1 aromatic carbocycles. The number of halogens is 1. The quantitative estimate of drug-likeness (QED) is 0.904. The van der Waals surface area contributed by atoms with E-state index in [0.717, 1.165) is 10.9 Å². The first-order valence-corrected chi connectivity index (χ1v) is 7.33. The summed E-state index contributed by atoms with van der Waals surface area (Å²) in [6, 6.07) is 7.07. The summed E-state index contributed by atoms with van der Waals surface area (Å²) in [6.07, 6.45) is 3.99. The number of aromatic nitrogens is 1. The van der Waals surface area contributed by atoms with Crippen molar-refractivity contribution >= 4 is 27.5 Å². The fraction of sp³-hybridized carbons (Fsp3) is 0.200. The van der Waals surface area contributed by atoms with E-state index in [1.165, 1.54) is 6.20 Å². The highest BCUT2D eigenvalue weighted by Gasteiger charge is 2.13. The number of ether oxygens (including phenoxy) is 2. The molecule has 108 valence electrons. The van der Waals surface area contributed by atoms with Crippen LogP contribution < -0.4 is 14.8 Å². The van der Waals surface area contributed by atoms with Crippen LogP contribution in [0, 0.1) is 0 Å². The zero-order valence-corrected chi connectivity index (χ0v) is 12.7. The van der Waals surface area contributed by atoms with Gasteiger partial charge >= 0.3 is 0 Å². The van der Waals surface area contributed by atoms with Crippen molar-refractivity contribution < 1.29 is 14.3 Å². The zero-order chi connectivity index (χ0) is 14.7. The predicted octanol–water partition coefficient (Wildman–Crippen LogP) is 3.26. The van der Waals surface area contributed by atoms with E-state index in [0.29, 0.717) is 36.0 Å². The van der Waals surface area contributed by atoms with E-state index in [-0.39, 0.29) is 5.91 Å². The van der Waals surface area contributed by atoms with Crippen molar-refractivity contribution in [2.24, 2.45) is 0 Å². The number of hydrogen-bond donors (Lipinski definition) is 1. The Balaban J connectivity index is 1.79. The van der Waals surface area contributed by atoms with Crippen LogP contribution in [0.2, 0.25) is 0 Å². The summed E-state index contributed by atoms with van der Waals surface area (Å²) >= 11 is 3.29. The Morgan fingerprint density at radius 2 is 1.95 bits per heavy atom. The summed E-state index contributed by atoms with van der Waals surface area (Å²) in [7, 11) is 0. The number of anilines is 1. The van der Waals surface area contributed by atoms with E-state index in [1.54, 1.807) is 30.5 Å². The number of fused-ring (bicyclic) bond motifs is 1. The Morgan fingerprint density at radius 3 is 2.76 bits per heavy atom. The van der Waals surface area contributed by atoms with E-state index < -0.39 is 0 Å². The molecule has 0 saturated heterocycles. The molecule has 0 aliphatic carbocycles. The number of carbonyl (C=O) groups excluding carboxylic acids is 1. The monoisotopic (exact) mass is 348 g/mol. The van der Waals surface area contributed by atoms with Gasteiger partial charge in [0.25, 0.3) is 5.91 Å². The molecule has 0 bridgehead atoms. The maximum Gasteiger partial charge on any atom is 0.257 e. The van der Waals surface area contributed by atoms with Gasteiger partial charge in [0, 0.05) is 35.0 Å². The molecule has 1 amide bonds. The molecule has 1 aliphatic rings. The average Bonchev–Trinajstić information content (AvgIpc) is 2.72. The highest BCUT2D eigenvalue weighted by atomic mass is 79.9. The first-order valence-electron chi connectivity index (χ1n) is 6.54.